The minimum Gasteiger partial charge on any atom is -0.396 e. The van der Waals surface area contributed by atoms with Gasteiger partial charge in [0.15, 0.2) is 0 Å². The molecule has 0 aliphatic heterocycles. The smallest absolute Gasteiger partial charge is 0.222 e. The lowest BCUT2D eigenvalue weighted by atomic mass is 10.0. The third-order valence-electron chi connectivity index (χ3n) is 2.96. The maximum atomic E-state index is 5.53. The summed E-state index contributed by atoms with van der Waals surface area (Å²) in [4.78, 5) is 8.26. The molecule has 0 atom stereocenters. The fraction of sp³-hybridized carbons (Fsp3) is 0.636. The van der Waals surface area contributed by atoms with E-state index in [-0.39, 0.29) is 4.75 Å². The Hall–Kier alpha value is -0.970. The van der Waals surface area contributed by atoms with E-state index >= 15 is 0 Å². The van der Waals surface area contributed by atoms with Crippen LogP contribution in [0.3, 0.4) is 0 Å². The van der Waals surface area contributed by atoms with Gasteiger partial charge in [0.2, 0.25) is 5.95 Å². The highest BCUT2D eigenvalue weighted by Crippen LogP contribution is 2.30. The van der Waals surface area contributed by atoms with Crippen LogP contribution in [0.25, 0.3) is 0 Å². The minimum absolute atomic E-state index is 0.269. The summed E-state index contributed by atoms with van der Waals surface area (Å²) in [6, 6.07) is 0. The van der Waals surface area contributed by atoms with E-state index in [9.17, 15) is 0 Å². The minimum atomic E-state index is 0.269. The maximum Gasteiger partial charge on any atom is 0.222 e. The number of nitrogen functional groups attached to an aromatic ring is 1. The molecule has 90 valence electrons. The summed E-state index contributed by atoms with van der Waals surface area (Å²) < 4.78 is 0.269. The Bertz CT molecular complexity index is 300. The Labute approximate surface area is 101 Å². The van der Waals surface area contributed by atoms with Gasteiger partial charge in [-0.3, -0.25) is 0 Å². The molecule has 0 saturated heterocycles. The zero-order chi connectivity index (χ0) is 12.0. The highest BCUT2D eigenvalue weighted by atomic mass is 32.2. The predicted molar refractivity (Wildman–Crippen MR) is 71.8 cm³/mol. The highest BCUT2D eigenvalue weighted by molar-refractivity contribution is 8.00. The fourth-order valence-electron chi connectivity index (χ4n) is 1.53. The molecular weight excluding hydrogens is 220 g/mol. The van der Waals surface area contributed by atoms with Crippen molar-refractivity contribution in [2.45, 2.75) is 31.4 Å². The van der Waals surface area contributed by atoms with Crippen molar-refractivity contribution in [3.63, 3.8) is 0 Å². The molecule has 0 aromatic carbocycles. The molecule has 0 bridgehead atoms. The summed E-state index contributed by atoms with van der Waals surface area (Å²) in [5.41, 5.74) is 6.12. The first-order valence-electron chi connectivity index (χ1n) is 5.52. The monoisotopic (exact) mass is 240 g/mol. The summed E-state index contributed by atoms with van der Waals surface area (Å²) >= 11 is 1.90. The van der Waals surface area contributed by atoms with Gasteiger partial charge in [0.1, 0.15) is 0 Å². The average molecular weight is 240 g/mol. The van der Waals surface area contributed by atoms with Gasteiger partial charge in [-0.05, 0) is 19.1 Å². The number of nitrogens with zero attached hydrogens (tertiary/aromatic N) is 2. The van der Waals surface area contributed by atoms with Gasteiger partial charge in [-0.1, -0.05) is 13.8 Å². The Morgan fingerprint density at radius 3 is 2.31 bits per heavy atom. The van der Waals surface area contributed by atoms with Crippen molar-refractivity contribution in [2.24, 2.45) is 0 Å². The number of hydrogen-bond acceptors (Lipinski definition) is 5. The summed E-state index contributed by atoms with van der Waals surface area (Å²) in [5, 5.41) is 3.27. The van der Waals surface area contributed by atoms with Gasteiger partial charge < -0.3 is 11.1 Å². The van der Waals surface area contributed by atoms with Crippen LogP contribution in [-0.4, -0.2) is 27.5 Å². The lowest BCUT2D eigenvalue weighted by Crippen LogP contribution is -2.32. The highest BCUT2D eigenvalue weighted by Gasteiger charge is 2.24. The zero-order valence-corrected chi connectivity index (χ0v) is 11.0. The molecular formula is C11H20N4S. The molecule has 1 heterocycles. The summed E-state index contributed by atoms with van der Waals surface area (Å²) in [6.45, 7) is 5.31. The molecule has 1 aromatic heterocycles. The molecule has 0 fully saturated rings. The third kappa shape index (κ3) is 3.27. The number of nitrogens with two attached hydrogens (primary N) is 1. The van der Waals surface area contributed by atoms with Crippen LogP contribution in [0, 0.1) is 0 Å². The Kier molecular flexibility index (Phi) is 4.86. The van der Waals surface area contributed by atoms with Gasteiger partial charge in [0.05, 0.1) is 18.1 Å². The second kappa shape index (κ2) is 5.94. The normalized spacial score (nSPS) is 11.4. The Morgan fingerprint density at radius 1 is 1.31 bits per heavy atom. The number of thioether (sulfide) groups is 1. The van der Waals surface area contributed by atoms with Crippen molar-refractivity contribution in [1.82, 2.24) is 9.97 Å². The number of anilines is 2. The van der Waals surface area contributed by atoms with E-state index in [0.717, 1.165) is 19.4 Å². The molecule has 0 saturated carbocycles. The molecule has 0 aliphatic rings. The van der Waals surface area contributed by atoms with E-state index in [2.05, 4.69) is 35.4 Å². The largest absolute Gasteiger partial charge is 0.396 e. The molecule has 0 spiro atoms. The van der Waals surface area contributed by atoms with Crippen molar-refractivity contribution < 1.29 is 0 Å². The first-order chi connectivity index (χ1) is 7.65. The number of hydrogen-bond donors (Lipinski definition) is 2. The zero-order valence-electron chi connectivity index (χ0n) is 10.2. The standard InChI is InChI=1S/C11H20N4S/c1-4-11(5-2,16-3)8-15-10-13-6-9(12)7-14-10/h6-7H,4-5,8,12H2,1-3H3,(H,13,14,15). The number of nitrogens with one attached hydrogen (secondary N) is 1. The molecule has 16 heavy (non-hydrogen) atoms. The van der Waals surface area contributed by atoms with Crippen LogP contribution in [0.1, 0.15) is 26.7 Å². The lowest BCUT2D eigenvalue weighted by molar-refractivity contribution is 0.573. The van der Waals surface area contributed by atoms with E-state index < -0.39 is 0 Å². The van der Waals surface area contributed by atoms with Crippen LogP contribution in [0.15, 0.2) is 12.4 Å². The molecule has 1 aromatic rings. The van der Waals surface area contributed by atoms with E-state index in [1.54, 1.807) is 12.4 Å². The molecule has 3 N–H and O–H groups in total. The first-order valence-corrected chi connectivity index (χ1v) is 6.75. The SMILES string of the molecule is CCC(CC)(CNc1ncc(N)cn1)SC. The van der Waals surface area contributed by atoms with E-state index in [4.69, 9.17) is 5.73 Å². The molecule has 4 nitrogen and oxygen atoms in total. The van der Waals surface area contributed by atoms with Gasteiger partial charge in [-0.25, -0.2) is 9.97 Å². The number of aromatic nitrogens is 2. The van der Waals surface area contributed by atoms with Crippen LogP contribution >= 0.6 is 11.8 Å². The first kappa shape index (κ1) is 13.1. The number of rotatable bonds is 6. The predicted octanol–water partition coefficient (Wildman–Crippen LogP) is 2.39. The van der Waals surface area contributed by atoms with Crippen LogP contribution in [0.4, 0.5) is 11.6 Å². The van der Waals surface area contributed by atoms with Crippen LogP contribution in [0.2, 0.25) is 0 Å². The second-order valence-corrected chi connectivity index (χ2v) is 5.06. The van der Waals surface area contributed by atoms with Gasteiger partial charge in [-0.2, -0.15) is 11.8 Å². The van der Waals surface area contributed by atoms with Crippen molar-refractivity contribution >= 4 is 23.4 Å². The molecule has 1 rings (SSSR count). The quantitative estimate of drug-likeness (QED) is 0.799. The third-order valence-corrected chi connectivity index (χ3v) is 4.55. The topological polar surface area (TPSA) is 63.8 Å². The molecule has 0 aliphatic carbocycles. The van der Waals surface area contributed by atoms with Crippen molar-refractivity contribution in [3.05, 3.63) is 12.4 Å². The summed E-state index contributed by atoms with van der Waals surface area (Å²) in [6.07, 6.45) is 7.65. The Morgan fingerprint density at radius 2 is 1.88 bits per heavy atom. The molecule has 5 heteroatoms. The molecule has 0 radical (unpaired) electrons. The maximum absolute atomic E-state index is 5.53. The lowest BCUT2D eigenvalue weighted by Gasteiger charge is -2.29. The average Bonchev–Trinajstić information content (AvgIpc) is 2.34. The van der Waals surface area contributed by atoms with Crippen molar-refractivity contribution in [3.8, 4) is 0 Å². The Balaban J connectivity index is 2.58. The van der Waals surface area contributed by atoms with Crippen LogP contribution in [0.5, 0.6) is 0 Å². The summed E-state index contributed by atoms with van der Waals surface area (Å²) in [7, 11) is 0. The van der Waals surface area contributed by atoms with Crippen molar-refractivity contribution in [2.75, 3.05) is 23.9 Å². The summed E-state index contributed by atoms with van der Waals surface area (Å²) in [5.74, 6) is 0.648. The van der Waals surface area contributed by atoms with Crippen LogP contribution < -0.4 is 11.1 Å². The van der Waals surface area contributed by atoms with Gasteiger partial charge in [0, 0.05) is 11.3 Å². The van der Waals surface area contributed by atoms with E-state index in [1.165, 1.54) is 0 Å². The van der Waals surface area contributed by atoms with E-state index in [0.29, 0.717) is 11.6 Å². The van der Waals surface area contributed by atoms with Crippen molar-refractivity contribution in [1.29, 1.82) is 0 Å². The fourth-order valence-corrected chi connectivity index (χ4v) is 2.32. The van der Waals surface area contributed by atoms with Gasteiger partial charge >= 0.3 is 0 Å². The second-order valence-electron chi connectivity index (χ2n) is 3.79. The van der Waals surface area contributed by atoms with E-state index in [1.807, 2.05) is 11.8 Å². The van der Waals surface area contributed by atoms with Crippen LogP contribution in [-0.2, 0) is 0 Å². The molecule has 0 unspecified atom stereocenters. The van der Waals surface area contributed by atoms with Gasteiger partial charge in [-0.15, -0.1) is 0 Å². The van der Waals surface area contributed by atoms with Gasteiger partial charge in [0.25, 0.3) is 0 Å². The molecule has 0 amide bonds.